The highest BCUT2D eigenvalue weighted by molar-refractivity contribution is 6.30. The first-order valence-corrected chi connectivity index (χ1v) is 6.48. The fourth-order valence-electron chi connectivity index (χ4n) is 1.69. The molecule has 0 aromatic heterocycles. The van der Waals surface area contributed by atoms with E-state index in [0.29, 0.717) is 11.6 Å². The molecule has 0 aliphatic carbocycles. The van der Waals surface area contributed by atoms with Gasteiger partial charge in [0.05, 0.1) is 6.54 Å². The molecule has 100 valence electrons. The minimum absolute atomic E-state index is 0.614. The number of benzene rings is 2. The van der Waals surface area contributed by atoms with Crippen molar-refractivity contribution in [3.05, 3.63) is 53.6 Å². The van der Waals surface area contributed by atoms with E-state index in [-0.39, 0.29) is 0 Å². The minimum Gasteiger partial charge on any atom is -0.492 e. The molecule has 2 aromatic rings. The van der Waals surface area contributed by atoms with Gasteiger partial charge in [-0.2, -0.15) is 0 Å². The van der Waals surface area contributed by atoms with E-state index in [0.717, 1.165) is 23.7 Å². The standard InChI is InChI=1S/C15H17ClN2O/c1-18(14-6-4-13(17)5-7-14)10-11-19-15-8-2-12(16)3-9-15/h2-9H,10-11,17H2,1H3. The Kier molecular flexibility index (Phi) is 4.53. The molecule has 0 aliphatic rings. The molecule has 4 heteroatoms. The summed E-state index contributed by atoms with van der Waals surface area (Å²) in [6.45, 7) is 1.41. The number of halogens is 1. The molecule has 0 fully saturated rings. The van der Waals surface area contributed by atoms with Crippen molar-refractivity contribution in [1.29, 1.82) is 0 Å². The third kappa shape index (κ3) is 4.07. The first-order chi connectivity index (χ1) is 9.15. The predicted octanol–water partition coefficient (Wildman–Crippen LogP) is 3.44. The summed E-state index contributed by atoms with van der Waals surface area (Å²) in [5.74, 6) is 0.829. The van der Waals surface area contributed by atoms with Crippen molar-refractivity contribution in [3.63, 3.8) is 0 Å². The lowest BCUT2D eigenvalue weighted by Crippen LogP contribution is -2.23. The lowest BCUT2D eigenvalue weighted by atomic mass is 10.2. The van der Waals surface area contributed by atoms with Gasteiger partial charge in [-0.05, 0) is 48.5 Å². The summed E-state index contributed by atoms with van der Waals surface area (Å²) in [6.07, 6.45) is 0. The summed E-state index contributed by atoms with van der Waals surface area (Å²) in [6, 6.07) is 15.2. The van der Waals surface area contributed by atoms with E-state index in [2.05, 4.69) is 4.90 Å². The smallest absolute Gasteiger partial charge is 0.119 e. The van der Waals surface area contributed by atoms with Crippen LogP contribution in [0.15, 0.2) is 48.5 Å². The second kappa shape index (κ2) is 6.34. The highest BCUT2D eigenvalue weighted by Gasteiger charge is 2.01. The van der Waals surface area contributed by atoms with Crippen molar-refractivity contribution in [2.45, 2.75) is 0 Å². The van der Waals surface area contributed by atoms with Crippen molar-refractivity contribution < 1.29 is 4.74 Å². The fourth-order valence-corrected chi connectivity index (χ4v) is 1.82. The zero-order valence-electron chi connectivity index (χ0n) is 10.8. The molecule has 0 saturated carbocycles. The average molecular weight is 277 g/mol. The number of hydrogen-bond donors (Lipinski definition) is 1. The zero-order chi connectivity index (χ0) is 13.7. The summed E-state index contributed by atoms with van der Waals surface area (Å²) in [7, 11) is 2.02. The van der Waals surface area contributed by atoms with Crippen molar-refractivity contribution in [3.8, 4) is 5.75 Å². The van der Waals surface area contributed by atoms with Crippen LogP contribution < -0.4 is 15.4 Å². The summed E-state index contributed by atoms with van der Waals surface area (Å²) in [5.41, 5.74) is 7.55. The van der Waals surface area contributed by atoms with Gasteiger partial charge in [0.25, 0.3) is 0 Å². The maximum Gasteiger partial charge on any atom is 0.119 e. The lowest BCUT2D eigenvalue weighted by Gasteiger charge is -2.19. The van der Waals surface area contributed by atoms with Crippen LogP contribution in [0.4, 0.5) is 11.4 Å². The summed E-state index contributed by atoms with van der Waals surface area (Å²) in [5, 5.41) is 0.714. The molecule has 0 bridgehead atoms. The molecule has 0 saturated heterocycles. The van der Waals surface area contributed by atoms with Crippen LogP contribution in [-0.2, 0) is 0 Å². The molecule has 0 spiro atoms. The molecule has 0 aliphatic heterocycles. The van der Waals surface area contributed by atoms with E-state index >= 15 is 0 Å². The van der Waals surface area contributed by atoms with Crippen LogP contribution >= 0.6 is 11.6 Å². The molecule has 3 nitrogen and oxygen atoms in total. The van der Waals surface area contributed by atoms with Crippen LogP contribution in [0.25, 0.3) is 0 Å². The van der Waals surface area contributed by atoms with E-state index in [4.69, 9.17) is 22.1 Å². The van der Waals surface area contributed by atoms with E-state index in [1.807, 2.05) is 55.6 Å². The van der Waals surface area contributed by atoms with Crippen LogP contribution in [-0.4, -0.2) is 20.2 Å². The van der Waals surface area contributed by atoms with Gasteiger partial charge in [0.1, 0.15) is 12.4 Å². The molecule has 0 unspecified atom stereocenters. The number of anilines is 2. The molecule has 2 aromatic carbocycles. The normalized spacial score (nSPS) is 10.2. The molecular formula is C15H17ClN2O. The number of rotatable bonds is 5. The molecule has 2 N–H and O–H groups in total. The Morgan fingerprint density at radius 1 is 1.05 bits per heavy atom. The minimum atomic E-state index is 0.614. The maximum absolute atomic E-state index is 5.81. The van der Waals surface area contributed by atoms with Gasteiger partial charge in [-0.25, -0.2) is 0 Å². The molecule has 0 heterocycles. The quantitative estimate of drug-likeness (QED) is 0.850. The van der Waals surface area contributed by atoms with Gasteiger partial charge >= 0.3 is 0 Å². The molecule has 0 radical (unpaired) electrons. The van der Waals surface area contributed by atoms with E-state index < -0.39 is 0 Å². The first-order valence-electron chi connectivity index (χ1n) is 6.10. The number of ether oxygens (including phenoxy) is 1. The third-order valence-corrected chi connectivity index (χ3v) is 3.09. The summed E-state index contributed by atoms with van der Waals surface area (Å²) >= 11 is 5.81. The van der Waals surface area contributed by atoms with Crippen LogP contribution in [0.1, 0.15) is 0 Å². The van der Waals surface area contributed by atoms with Crippen LogP contribution in [0, 0.1) is 0 Å². The van der Waals surface area contributed by atoms with Gasteiger partial charge in [0.15, 0.2) is 0 Å². The Bertz CT molecular complexity index is 511. The van der Waals surface area contributed by atoms with Gasteiger partial charge in [-0.3, -0.25) is 0 Å². The van der Waals surface area contributed by atoms with Crippen LogP contribution in [0.3, 0.4) is 0 Å². The van der Waals surface area contributed by atoms with Gasteiger partial charge in [0.2, 0.25) is 0 Å². The molecule has 0 atom stereocenters. The van der Waals surface area contributed by atoms with E-state index in [1.54, 1.807) is 0 Å². The number of nitrogen functional groups attached to an aromatic ring is 1. The number of nitrogens with zero attached hydrogens (tertiary/aromatic N) is 1. The molecular weight excluding hydrogens is 260 g/mol. The number of likely N-dealkylation sites (N-methyl/N-ethyl adjacent to an activating group) is 1. The number of nitrogens with two attached hydrogens (primary N) is 1. The third-order valence-electron chi connectivity index (χ3n) is 2.84. The average Bonchev–Trinajstić information content (AvgIpc) is 2.41. The second-order valence-corrected chi connectivity index (χ2v) is 4.75. The topological polar surface area (TPSA) is 38.5 Å². The zero-order valence-corrected chi connectivity index (χ0v) is 11.6. The maximum atomic E-state index is 5.81. The SMILES string of the molecule is CN(CCOc1ccc(Cl)cc1)c1ccc(N)cc1. The largest absolute Gasteiger partial charge is 0.492 e. The Hall–Kier alpha value is -1.87. The van der Waals surface area contributed by atoms with Crippen molar-refractivity contribution in [2.75, 3.05) is 30.8 Å². The van der Waals surface area contributed by atoms with E-state index in [9.17, 15) is 0 Å². The fraction of sp³-hybridized carbons (Fsp3) is 0.200. The second-order valence-electron chi connectivity index (χ2n) is 4.32. The van der Waals surface area contributed by atoms with Crippen LogP contribution in [0.5, 0.6) is 5.75 Å². The molecule has 19 heavy (non-hydrogen) atoms. The van der Waals surface area contributed by atoms with Crippen molar-refractivity contribution in [2.24, 2.45) is 0 Å². The van der Waals surface area contributed by atoms with Gasteiger partial charge in [-0.15, -0.1) is 0 Å². The van der Waals surface area contributed by atoms with Crippen molar-refractivity contribution >= 4 is 23.0 Å². The Labute approximate surface area is 118 Å². The summed E-state index contributed by atoms with van der Waals surface area (Å²) in [4.78, 5) is 2.12. The summed E-state index contributed by atoms with van der Waals surface area (Å²) < 4.78 is 5.65. The van der Waals surface area contributed by atoms with Gasteiger partial charge in [0, 0.05) is 23.4 Å². The molecule has 0 amide bonds. The Balaban J connectivity index is 1.82. The highest BCUT2D eigenvalue weighted by atomic mass is 35.5. The first kappa shape index (κ1) is 13.6. The predicted molar refractivity (Wildman–Crippen MR) is 81.1 cm³/mol. The van der Waals surface area contributed by atoms with E-state index in [1.165, 1.54) is 0 Å². The highest BCUT2D eigenvalue weighted by Crippen LogP contribution is 2.17. The van der Waals surface area contributed by atoms with Crippen molar-refractivity contribution in [1.82, 2.24) is 0 Å². The monoisotopic (exact) mass is 276 g/mol. The Morgan fingerprint density at radius 3 is 2.32 bits per heavy atom. The van der Waals surface area contributed by atoms with Gasteiger partial charge in [-0.1, -0.05) is 11.6 Å². The number of hydrogen-bond acceptors (Lipinski definition) is 3. The lowest BCUT2D eigenvalue weighted by molar-refractivity contribution is 0.326. The Morgan fingerprint density at radius 2 is 1.68 bits per heavy atom. The van der Waals surface area contributed by atoms with Gasteiger partial charge < -0.3 is 15.4 Å². The molecule has 2 rings (SSSR count). The van der Waals surface area contributed by atoms with Crippen LogP contribution in [0.2, 0.25) is 5.02 Å².